The minimum atomic E-state index is -0.642. The van der Waals surface area contributed by atoms with Gasteiger partial charge in [-0.2, -0.15) is 5.26 Å². The minimum Gasteiger partial charge on any atom is -0.319 e. The molecular weight excluding hydrogens is 365 g/mol. The highest BCUT2D eigenvalue weighted by Gasteiger charge is 2.16. The van der Waals surface area contributed by atoms with Crippen molar-refractivity contribution >= 4 is 17.7 Å². The van der Waals surface area contributed by atoms with Gasteiger partial charge in [0.1, 0.15) is 17.5 Å². The molecule has 5 heteroatoms. The number of hydrogen-bond donors (Lipinski definition) is 1. The van der Waals surface area contributed by atoms with E-state index in [0.717, 1.165) is 29.1 Å². The molecule has 2 aromatic carbocycles. The molecular formula is C24H22FN3O. The van der Waals surface area contributed by atoms with Crippen LogP contribution in [0.3, 0.4) is 0 Å². The van der Waals surface area contributed by atoms with E-state index in [9.17, 15) is 14.4 Å². The molecule has 146 valence electrons. The maximum absolute atomic E-state index is 13.8. The van der Waals surface area contributed by atoms with Crippen LogP contribution in [0, 0.1) is 31.0 Å². The number of carbonyl (C=O) groups excluding carboxylic acids is 1. The molecule has 0 aliphatic heterocycles. The molecule has 0 aliphatic rings. The molecule has 0 unspecified atom stereocenters. The summed E-state index contributed by atoms with van der Waals surface area (Å²) in [5.41, 5.74) is 4.95. The predicted octanol–water partition coefficient (Wildman–Crippen LogP) is 5.34. The summed E-state index contributed by atoms with van der Waals surface area (Å²) in [6.07, 6.45) is 2.44. The third-order valence-electron chi connectivity index (χ3n) is 4.87. The van der Waals surface area contributed by atoms with Crippen LogP contribution in [0.4, 0.5) is 10.1 Å². The highest BCUT2D eigenvalue weighted by molar-refractivity contribution is 6.09. The van der Waals surface area contributed by atoms with Crippen molar-refractivity contribution in [3.63, 3.8) is 0 Å². The van der Waals surface area contributed by atoms with E-state index in [1.165, 1.54) is 23.8 Å². The number of anilines is 1. The van der Waals surface area contributed by atoms with Crippen LogP contribution in [0.15, 0.2) is 60.2 Å². The Hall–Kier alpha value is -3.65. The second-order valence-electron chi connectivity index (χ2n) is 6.75. The van der Waals surface area contributed by atoms with E-state index in [0.29, 0.717) is 0 Å². The number of benzene rings is 2. The smallest absolute Gasteiger partial charge is 0.266 e. The zero-order valence-electron chi connectivity index (χ0n) is 16.7. The molecule has 0 atom stereocenters. The van der Waals surface area contributed by atoms with Crippen LogP contribution in [0.1, 0.15) is 29.4 Å². The Morgan fingerprint density at radius 2 is 1.86 bits per heavy atom. The van der Waals surface area contributed by atoms with Gasteiger partial charge in [0.2, 0.25) is 0 Å². The van der Waals surface area contributed by atoms with Crippen molar-refractivity contribution in [1.29, 1.82) is 5.26 Å². The standard InChI is InChI=1S/C24H22FN3O/c1-4-18-9-5-8-12-23(18)28-16(2)13-19(17(28)3)14-20(15-26)24(29)27-22-11-7-6-10-21(22)25/h5-14H,4H2,1-3H3,(H,27,29)/b20-14-. The first-order chi connectivity index (χ1) is 14.0. The molecule has 3 rings (SSSR count). The lowest BCUT2D eigenvalue weighted by Gasteiger charge is -2.14. The Morgan fingerprint density at radius 3 is 2.55 bits per heavy atom. The monoisotopic (exact) mass is 387 g/mol. The van der Waals surface area contributed by atoms with Gasteiger partial charge in [-0.3, -0.25) is 4.79 Å². The molecule has 0 saturated heterocycles. The van der Waals surface area contributed by atoms with E-state index < -0.39 is 11.7 Å². The Labute approximate surface area is 169 Å². The molecule has 0 spiro atoms. The van der Waals surface area contributed by atoms with Gasteiger partial charge in [-0.05, 0) is 61.7 Å². The van der Waals surface area contributed by atoms with E-state index in [2.05, 4.69) is 28.9 Å². The van der Waals surface area contributed by atoms with Gasteiger partial charge in [0.15, 0.2) is 0 Å². The first-order valence-corrected chi connectivity index (χ1v) is 9.41. The summed E-state index contributed by atoms with van der Waals surface area (Å²) in [5, 5.41) is 12.0. The molecule has 0 radical (unpaired) electrons. The summed E-state index contributed by atoms with van der Waals surface area (Å²) in [6, 6.07) is 17.9. The van der Waals surface area contributed by atoms with Crippen molar-refractivity contribution in [2.24, 2.45) is 0 Å². The third-order valence-corrected chi connectivity index (χ3v) is 4.87. The molecule has 0 fully saturated rings. The highest BCUT2D eigenvalue weighted by atomic mass is 19.1. The average Bonchev–Trinajstić information content (AvgIpc) is 3.00. The fourth-order valence-electron chi connectivity index (χ4n) is 3.39. The number of aryl methyl sites for hydroxylation is 2. The van der Waals surface area contributed by atoms with Crippen LogP contribution >= 0.6 is 0 Å². The van der Waals surface area contributed by atoms with Crippen LogP contribution in [0.5, 0.6) is 0 Å². The Morgan fingerprint density at radius 1 is 1.17 bits per heavy atom. The van der Waals surface area contributed by atoms with E-state index in [1.54, 1.807) is 12.1 Å². The summed E-state index contributed by atoms with van der Waals surface area (Å²) in [6.45, 7) is 6.05. The van der Waals surface area contributed by atoms with E-state index in [4.69, 9.17) is 0 Å². The minimum absolute atomic E-state index is 0.0426. The number of carbonyl (C=O) groups is 1. The van der Waals surface area contributed by atoms with E-state index in [-0.39, 0.29) is 11.3 Å². The number of nitrogens with zero attached hydrogens (tertiary/aromatic N) is 2. The maximum Gasteiger partial charge on any atom is 0.266 e. The van der Waals surface area contributed by atoms with Gasteiger partial charge in [-0.1, -0.05) is 37.3 Å². The van der Waals surface area contributed by atoms with Crippen molar-refractivity contribution in [3.8, 4) is 11.8 Å². The number of halogens is 1. The number of nitrogens with one attached hydrogen (secondary N) is 1. The number of aromatic nitrogens is 1. The van der Waals surface area contributed by atoms with Crippen LogP contribution in [-0.4, -0.2) is 10.5 Å². The van der Waals surface area contributed by atoms with Crippen molar-refractivity contribution < 1.29 is 9.18 Å². The van der Waals surface area contributed by atoms with Crippen molar-refractivity contribution in [2.45, 2.75) is 27.2 Å². The lowest BCUT2D eigenvalue weighted by molar-refractivity contribution is -0.112. The van der Waals surface area contributed by atoms with E-state index >= 15 is 0 Å². The number of para-hydroxylation sites is 2. The Kier molecular flexibility index (Phi) is 5.94. The highest BCUT2D eigenvalue weighted by Crippen LogP contribution is 2.25. The summed E-state index contributed by atoms with van der Waals surface area (Å²) >= 11 is 0. The number of rotatable bonds is 5. The van der Waals surface area contributed by atoms with Gasteiger partial charge in [0.25, 0.3) is 5.91 Å². The predicted molar refractivity (Wildman–Crippen MR) is 113 cm³/mol. The van der Waals surface area contributed by atoms with Crippen LogP contribution < -0.4 is 5.32 Å². The van der Waals surface area contributed by atoms with Gasteiger partial charge in [-0.15, -0.1) is 0 Å². The quantitative estimate of drug-likeness (QED) is 0.474. The van der Waals surface area contributed by atoms with Crippen LogP contribution in [0.25, 0.3) is 11.8 Å². The summed E-state index contributed by atoms with van der Waals surface area (Å²) in [5.74, 6) is -1.19. The van der Waals surface area contributed by atoms with Crippen molar-refractivity contribution in [1.82, 2.24) is 4.57 Å². The molecule has 29 heavy (non-hydrogen) atoms. The lowest BCUT2D eigenvalue weighted by atomic mass is 10.1. The normalized spacial score (nSPS) is 11.2. The van der Waals surface area contributed by atoms with Crippen molar-refractivity contribution in [2.75, 3.05) is 5.32 Å². The first-order valence-electron chi connectivity index (χ1n) is 9.41. The van der Waals surface area contributed by atoms with E-state index in [1.807, 2.05) is 38.1 Å². The maximum atomic E-state index is 13.8. The zero-order chi connectivity index (χ0) is 21.0. The topological polar surface area (TPSA) is 57.8 Å². The van der Waals surface area contributed by atoms with Gasteiger partial charge < -0.3 is 9.88 Å². The molecule has 1 aromatic heterocycles. The zero-order valence-corrected chi connectivity index (χ0v) is 16.7. The Balaban J connectivity index is 1.98. The lowest BCUT2D eigenvalue weighted by Crippen LogP contribution is -2.14. The summed E-state index contributed by atoms with van der Waals surface area (Å²) < 4.78 is 15.9. The molecule has 3 aromatic rings. The van der Waals surface area contributed by atoms with Crippen molar-refractivity contribution in [3.05, 3.63) is 88.5 Å². The molecule has 4 nitrogen and oxygen atoms in total. The fourth-order valence-corrected chi connectivity index (χ4v) is 3.39. The number of hydrogen-bond acceptors (Lipinski definition) is 2. The molecule has 1 heterocycles. The average molecular weight is 387 g/mol. The number of nitriles is 1. The SMILES string of the molecule is CCc1ccccc1-n1c(C)cc(/C=C(/C#N)C(=O)Nc2ccccc2F)c1C. The summed E-state index contributed by atoms with van der Waals surface area (Å²) in [7, 11) is 0. The van der Waals surface area contributed by atoms with Crippen LogP contribution in [0.2, 0.25) is 0 Å². The largest absolute Gasteiger partial charge is 0.319 e. The second-order valence-corrected chi connectivity index (χ2v) is 6.75. The molecule has 1 amide bonds. The van der Waals surface area contributed by atoms with Gasteiger partial charge >= 0.3 is 0 Å². The molecule has 0 aliphatic carbocycles. The summed E-state index contributed by atoms with van der Waals surface area (Å²) in [4.78, 5) is 12.5. The van der Waals surface area contributed by atoms with Gasteiger partial charge in [-0.25, -0.2) is 4.39 Å². The van der Waals surface area contributed by atoms with Crippen LogP contribution in [-0.2, 0) is 11.2 Å². The fraction of sp³-hybridized carbons (Fsp3) is 0.167. The number of amides is 1. The van der Waals surface area contributed by atoms with Gasteiger partial charge in [0, 0.05) is 17.1 Å². The Bertz CT molecular complexity index is 1140. The third kappa shape index (κ3) is 4.12. The molecule has 0 bridgehead atoms. The molecule has 0 saturated carbocycles. The molecule has 1 N–H and O–H groups in total. The second kappa shape index (κ2) is 8.57. The first kappa shape index (κ1) is 20.1. The van der Waals surface area contributed by atoms with Gasteiger partial charge in [0.05, 0.1) is 5.69 Å².